The molecule has 1 N–H and O–H groups in total. The Kier molecular flexibility index (Phi) is 4.65. The molecule has 2 aromatic carbocycles. The lowest BCUT2D eigenvalue weighted by Crippen LogP contribution is -2.08. The predicted molar refractivity (Wildman–Crippen MR) is 83.1 cm³/mol. The summed E-state index contributed by atoms with van der Waals surface area (Å²) in [4.78, 5) is 10.4. The van der Waals surface area contributed by atoms with Crippen LogP contribution in [0.2, 0.25) is 5.02 Å². The summed E-state index contributed by atoms with van der Waals surface area (Å²) in [6, 6.07) is 11.7. The molecule has 0 heterocycles. The quantitative estimate of drug-likeness (QED) is 0.655. The van der Waals surface area contributed by atoms with Gasteiger partial charge in [-0.05, 0) is 30.7 Å². The van der Waals surface area contributed by atoms with Gasteiger partial charge < -0.3 is 10.1 Å². The Morgan fingerprint density at radius 1 is 1.29 bits per heavy atom. The van der Waals surface area contributed by atoms with E-state index in [4.69, 9.17) is 16.3 Å². The molecule has 0 saturated heterocycles. The normalized spacial score (nSPS) is 11.8. The van der Waals surface area contributed by atoms with E-state index in [1.807, 2.05) is 13.0 Å². The lowest BCUT2D eigenvalue weighted by Gasteiger charge is -2.18. The van der Waals surface area contributed by atoms with E-state index in [0.29, 0.717) is 10.8 Å². The minimum absolute atomic E-state index is 0.0687. The molecule has 2 aromatic rings. The molecule has 0 aliphatic carbocycles. The minimum Gasteiger partial charge on any atom is -0.495 e. The molecule has 2 rings (SSSR count). The maximum absolute atomic E-state index is 10.8. The van der Waals surface area contributed by atoms with E-state index in [0.717, 1.165) is 11.3 Å². The zero-order valence-corrected chi connectivity index (χ0v) is 12.4. The zero-order valence-electron chi connectivity index (χ0n) is 11.7. The smallest absolute Gasteiger partial charge is 0.269 e. The van der Waals surface area contributed by atoms with Crippen LogP contribution < -0.4 is 10.1 Å². The Hall–Kier alpha value is -2.27. The van der Waals surface area contributed by atoms with Crippen molar-refractivity contribution in [2.75, 3.05) is 12.4 Å². The number of hydrogen-bond donors (Lipinski definition) is 1. The van der Waals surface area contributed by atoms with E-state index in [2.05, 4.69) is 5.32 Å². The molecule has 5 nitrogen and oxygen atoms in total. The number of rotatable bonds is 5. The van der Waals surface area contributed by atoms with Gasteiger partial charge in [0.1, 0.15) is 5.75 Å². The first kappa shape index (κ1) is 15.1. The van der Waals surface area contributed by atoms with E-state index in [-0.39, 0.29) is 11.7 Å². The fourth-order valence-corrected chi connectivity index (χ4v) is 2.19. The number of nitrogens with one attached hydrogen (secondary N) is 1. The van der Waals surface area contributed by atoms with Crippen LogP contribution in [0.4, 0.5) is 11.4 Å². The number of halogens is 1. The van der Waals surface area contributed by atoms with Gasteiger partial charge in [0.05, 0.1) is 17.7 Å². The van der Waals surface area contributed by atoms with Gasteiger partial charge in [-0.25, -0.2) is 0 Å². The van der Waals surface area contributed by atoms with E-state index < -0.39 is 4.92 Å². The van der Waals surface area contributed by atoms with E-state index >= 15 is 0 Å². The number of anilines is 1. The highest BCUT2D eigenvalue weighted by Gasteiger charge is 2.13. The second-order valence-electron chi connectivity index (χ2n) is 4.56. The van der Waals surface area contributed by atoms with Crippen LogP contribution in [0.3, 0.4) is 0 Å². The molecule has 21 heavy (non-hydrogen) atoms. The molecule has 0 saturated carbocycles. The van der Waals surface area contributed by atoms with Gasteiger partial charge in [0.25, 0.3) is 5.69 Å². The van der Waals surface area contributed by atoms with Crippen molar-refractivity contribution in [2.45, 2.75) is 13.0 Å². The van der Waals surface area contributed by atoms with Crippen LogP contribution in [-0.2, 0) is 0 Å². The fourth-order valence-electron chi connectivity index (χ4n) is 2.02. The fraction of sp³-hybridized carbons (Fsp3) is 0.200. The Balaban J connectivity index is 2.25. The van der Waals surface area contributed by atoms with Crippen molar-refractivity contribution < 1.29 is 9.66 Å². The Bertz CT molecular complexity index is 661. The van der Waals surface area contributed by atoms with Crippen molar-refractivity contribution in [1.29, 1.82) is 0 Å². The van der Waals surface area contributed by atoms with Gasteiger partial charge in [-0.3, -0.25) is 10.1 Å². The Morgan fingerprint density at radius 2 is 2.05 bits per heavy atom. The van der Waals surface area contributed by atoms with Crippen molar-refractivity contribution in [2.24, 2.45) is 0 Å². The third-order valence-electron chi connectivity index (χ3n) is 3.11. The third-order valence-corrected chi connectivity index (χ3v) is 3.35. The number of benzene rings is 2. The maximum atomic E-state index is 10.8. The molecule has 1 atom stereocenters. The molecule has 0 aromatic heterocycles. The van der Waals surface area contributed by atoms with Gasteiger partial charge in [0, 0.05) is 23.2 Å². The van der Waals surface area contributed by atoms with Crippen molar-refractivity contribution in [3.05, 3.63) is 63.2 Å². The molecule has 0 aliphatic heterocycles. The number of ether oxygens (including phenoxy) is 1. The number of nitro groups is 1. The summed E-state index contributed by atoms with van der Waals surface area (Å²) in [7, 11) is 1.58. The van der Waals surface area contributed by atoms with Gasteiger partial charge in [-0.1, -0.05) is 23.7 Å². The summed E-state index contributed by atoms with van der Waals surface area (Å²) in [6.45, 7) is 1.92. The predicted octanol–water partition coefficient (Wildman–Crippen LogP) is 4.43. The highest BCUT2D eigenvalue weighted by atomic mass is 35.5. The van der Waals surface area contributed by atoms with Gasteiger partial charge in [-0.15, -0.1) is 0 Å². The summed E-state index contributed by atoms with van der Waals surface area (Å²) < 4.78 is 5.27. The number of methoxy groups -OCH3 is 1. The molecular weight excluding hydrogens is 292 g/mol. The first-order valence-electron chi connectivity index (χ1n) is 6.35. The SMILES string of the molecule is COc1ccc(Cl)cc1NC(C)c1cccc([N+](=O)[O-])c1. The van der Waals surface area contributed by atoms with Crippen molar-refractivity contribution >= 4 is 23.0 Å². The molecule has 0 radical (unpaired) electrons. The highest BCUT2D eigenvalue weighted by molar-refractivity contribution is 6.30. The molecule has 110 valence electrons. The molecule has 6 heteroatoms. The second kappa shape index (κ2) is 6.45. The van der Waals surface area contributed by atoms with Crippen LogP contribution in [0.25, 0.3) is 0 Å². The minimum atomic E-state index is -0.407. The lowest BCUT2D eigenvalue weighted by atomic mass is 10.1. The molecule has 1 unspecified atom stereocenters. The van der Waals surface area contributed by atoms with E-state index in [1.54, 1.807) is 37.4 Å². The molecule has 0 spiro atoms. The summed E-state index contributed by atoms with van der Waals surface area (Å²) in [5.74, 6) is 0.664. The van der Waals surface area contributed by atoms with Crippen LogP contribution in [0.5, 0.6) is 5.75 Å². The molecular formula is C15H15ClN2O3. The number of hydrogen-bond acceptors (Lipinski definition) is 4. The van der Waals surface area contributed by atoms with Gasteiger partial charge in [-0.2, -0.15) is 0 Å². The zero-order chi connectivity index (χ0) is 15.4. The Labute approximate surface area is 127 Å². The van der Waals surface area contributed by atoms with Crippen LogP contribution in [0.15, 0.2) is 42.5 Å². The number of nitrogens with zero attached hydrogens (tertiary/aromatic N) is 1. The van der Waals surface area contributed by atoms with Crippen LogP contribution in [0.1, 0.15) is 18.5 Å². The Morgan fingerprint density at radius 3 is 2.71 bits per heavy atom. The number of non-ortho nitro benzene ring substituents is 1. The van der Waals surface area contributed by atoms with Gasteiger partial charge >= 0.3 is 0 Å². The van der Waals surface area contributed by atoms with Crippen molar-refractivity contribution in [1.82, 2.24) is 0 Å². The molecule has 0 bridgehead atoms. The summed E-state index contributed by atoms with van der Waals surface area (Å²) in [5, 5.41) is 14.7. The van der Waals surface area contributed by atoms with Crippen LogP contribution >= 0.6 is 11.6 Å². The molecule has 0 fully saturated rings. The van der Waals surface area contributed by atoms with E-state index in [1.165, 1.54) is 6.07 Å². The van der Waals surface area contributed by atoms with Gasteiger partial charge in [0.2, 0.25) is 0 Å². The highest BCUT2D eigenvalue weighted by Crippen LogP contribution is 2.31. The lowest BCUT2D eigenvalue weighted by molar-refractivity contribution is -0.384. The van der Waals surface area contributed by atoms with E-state index in [9.17, 15) is 10.1 Å². The largest absolute Gasteiger partial charge is 0.495 e. The third kappa shape index (κ3) is 3.64. The number of nitro benzene ring substituents is 1. The summed E-state index contributed by atoms with van der Waals surface area (Å²) >= 11 is 5.99. The van der Waals surface area contributed by atoms with Crippen molar-refractivity contribution in [3.63, 3.8) is 0 Å². The van der Waals surface area contributed by atoms with Crippen LogP contribution in [0, 0.1) is 10.1 Å². The van der Waals surface area contributed by atoms with Crippen LogP contribution in [-0.4, -0.2) is 12.0 Å². The average molecular weight is 307 g/mol. The maximum Gasteiger partial charge on any atom is 0.269 e. The van der Waals surface area contributed by atoms with Crippen molar-refractivity contribution in [3.8, 4) is 5.75 Å². The average Bonchev–Trinajstić information content (AvgIpc) is 2.47. The summed E-state index contributed by atoms with van der Waals surface area (Å²) in [6.07, 6.45) is 0. The molecule has 0 amide bonds. The standard InChI is InChI=1S/C15H15ClN2O3/c1-10(11-4-3-5-13(8-11)18(19)20)17-14-9-12(16)6-7-15(14)21-2/h3-10,17H,1-2H3. The monoisotopic (exact) mass is 306 g/mol. The van der Waals surface area contributed by atoms with Gasteiger partial charge in [0.15, 0.2) is 0 Å². The first-order chi connectivity index (χ1) is 10.0. The molecule has 0 aliphatic rings. The first-order valence-corrected chi connectivity index (χ1v) is 6.73. The topological polar surface area (TPSA) is 64.4 Å². The second-order valence-corrected chi connectivity index (χ2v) is 5.00. The summed E-state index contributed by atoms with van der Waals surface area (Å²) in [5.41, 5.74) is 1.62.